The SMILES string of the molecule is Cc1cnc(-n2cnc(C(C)C)c2)cn1. The van der Waals surface area contributed by atoms with E-state index in [4.69, 9.17) is 0 Å². The summed E-state index contributed by atoms with van der Waals surface area (Å²) in [5.74, 6) is 1.24. The Hall–Kier alpha value is -1.71. The molecule has 0 bridgehead atoms. The van der Waals surface area contributed by atoms with Crippen molar-refractivity contribution in [2.75, 3.05) is 0 Å². The number of hydrogen-bond donors (Lipinski definition) is 0. The smallest absolute Gasteiger partial charge is 0.156 e. The van der Waals surface area contributed by atoms with E-state index in [0.717, 1.165) is 17.2 Å². The molecule has 0 amide bonds. The van der Waals surface area contributed by atoms with Gasteiger partial charge in [0.1, 0.15) is 6.33 Å². The lowest BCUT2D eigenvalue weighted by molar-refractivity contribution is 0.831. The Morgan fingerprint density at radius 2 is 1.93 bits per heavy atom. The highest BCUT2D eigenvalue weighted by Crippen LogP contribution is 2.12. The van der Waals surface area contributed by atoms with E-state index in [1.165, 1.54) is 0 Å². The van der Waals surface area contributed by atoms with Crippen LogP contribution < -0.4 is 0 Å². The molecular formula is C11H14N4. The average Bonchev–Trinajstić information content (AvgIpc) is 2.68. The summed E-state index contributed by atoms with van der Waals surface area (Å²) in [7, 11) is 0. The van der Waals surface area contributed by atoms with Gasteiger partial charge in [-0.3, -0.25) is 9.55 Å². The van der Waals surface area contributed by atoms with E-state index in [2.05, 4.69) is 28.8 Å². The van der Waals surface area contributed by atoms with Crippen LogP contribution in [0.5, 0.6) is 0 Å². The molecule has 4 heteroatoms. The molecule has 2 aromatic rings. The summed E-state index contributed by atoms with van der Waals surface area (Å²) in [6, 6.07) is 0. The molecule has 0 aliphatic carbocycles. The van der Waals surface area contributed by atoms with Gasteiger partial charge in [-0.15, -0.1) is 0 Å². The first-order chi connectivity index (χ1) is 7.16. The summed E-state index contributed by atoms with van der Waals surface area (Å²) in [5, 5.41) is 0. The van der Waals surface area contributed by atoms with Gasteiger partial charge in [0.05, 0.1) is 23.8 Å². The van der Waals surface area contributed by atoms with Gasteiger partial charge >= 0.3 is 0 Å². The third-order valence-corrected chi connectivity index (χ3v) is 2.23. The molecule has 0 saturated heterocycles. The molecule has 0 aromatic carbocycles. The lowest BCUT2D eigenvalue weighted by atomic mass is 10.2. The number of rotatable bonds is 2. The number of imidazole rings is 1. The third kappa shape index (κ3) is 2.03. The Morgan fingerprint density at radius 1 is 1.13 bits per heavy atom. The van der Waals surface area contributed by atoms with Crippen molar-refractivity contribution in [3.8, 4) is 5.82 Å². The lowest BCUT2D eigenvalue weighted by Gasteiger charge is -2.00. The van der Waals surface area contributed by atoms with Crippen molar-refractivity contribution >= 4 is 0 Å². The van der Waals surface area contributed by atoms with Gasteiger partial charge in [-0.25, -0.2) is 9.97 Å². The Labute approximate surface area is 89.0 Å². The quantitative estimate of drug-likeness (QED) is 0.749. The van der Waals surface area contributed by atoms with Gasteiger partial charge in [0.25, 0.3) is 0 Å². The molecule has 0 fully saturated rings. The number of aromatic nitrogens is 4. The highest BCUT2D eigenvalue weighted by molar-refractivity contribution is 5.20. The van der Waals surface area contributed by atoms with Crippen LogP contribution in [0.1, 0.15) is 31.2 Å². The van der Waals surface area contributed by atoms with Crippen molar-refractivity contribution in [3.05, 3.63) is 36.3 Å². The second-order valence-corrected chi connectivity index (χ2v) is 3.88. The zero-order valence-corrected chi connectivity index (χ0v) is 9.18. The van der Waals surface area contributed by atoms with Gasteiger partial charge < -0.3 is 0 Å². The zero-order chi connectivity index (χ0) is 10.8. The van der Waals surface area contributed by atoms with Crippen molar-refractivity contribution in [2.24, 2.45) is 0 Å². The number of aryl methyl sites for hydroxylation is 1. The second-order valence-electron chi connectivity index (χ2n) is 3.88. The predicted molar refractivity (Wildman–Crippen MR) is 58.0 cm³/mol. The van der Waals surface area contributed by atoms with Crippen LogP contribution in [0.15, 0.2) is 24.9 Å². The molecule has 0 spiro atoms. The van der Waals surface area contributed by atoms with Gasteiger partial charge in [0.2, 0.25) is 0 Å². The molecule has 0 aliphatic rings. The molecule has 0 saturated carbocycles. The molecule has 2 rings (SSSR count). The summed E-state index contributed by atoms with van der Waals surface area (Å²) >= 11 is 0. The van der Waals surface area contributed by atoms with Gasteiger partial charge in [0.15, 0.2) is 5.82 Å². The van der Waals surface area contributed by atoms with Gasteiger partial charge in [-0.05, 0) is 12.8 Å². The zero-order valence-electron chi connectivity index (χ0n) is 9.18. The number of hydrogen-bond acceptors (Lipinski definition) is 3. The van der Waals surface area contributed by atoms with Crippen LogP contribution in [0.25, 0.3) is 5.82 Å². The monoisotopic (exact) mass is 202 g/mol. The van der Waals surface area contributed by atoms with E-state index in [9.17, 15) is 0 Å². The first-order valence-electron chi connectivity index (χ1n) is 4.99. The standard InChI is InChI=1S/C11H14N4/c1-8(2)10-6-15(7-14-10)11-5-12-9(3)4-13-11/h4-8H,1-3H3. The topological polar surface area (TPSA) is 43.6 Å². The second kappa shape index (κ2) is 3.81. The molecular weight excluding hydrogens is 188 g/mol. The molecule has 0 N–H and O–H groups in total. The van der Waals surface area contributed by atoms with Crippen molar-refractivity contribution in [2.45, 2.75) is 26.7 Å². The van der Waals surface area contributed by atoms with E-state index in [1.54, 1.807) is 18.7 Å². The minimum atomic E-state index is 0.435. The summed E-state index contributed by atoms with van der Waals surface area (Å²) < 4.78 is 1.89. The van der Waals surface area contributed by atoms with Crippen molar-refractivity contribution in [3.63, 3.8) is 0 Å². The van der Waals surface area contributed by atoms with Crippen LogP contribution in [0.2, 0.25) is 0 Å². The summed E-state index contributed by atoms with van der Waals surface area (Å²) in [4.78, 5) is 12.8. The molecule has 0 unspecified atom stereocenters. The molecule has 2 aromatic heterocycles. The van der Waals surface area contributed by atoms with E-state index < -0.39 is 0 Å². The van der Waals surface area contributed by atoms with Crippen molar-refractivity contribution in [1.82, 2.24) is 19.5 Å². The van der Waals surface area contributed by atoms with Crippen molar-refractivity contribution in [1.29, 1.82) is 0 Å². The fourth-order valence-electron chi connectivity index (χ4n) is 1.28. The molecule has 4 nitrogen and oxygen atoms in total. The number of nitrogens with zero attached hydrogens (tertiary/aromatic N) is 4. The fourth-order valence-corrected chi connectivity index (χ4v) is 1.28. The van der Waals surface area contributed by atoms with E-state index in [1.807, 2.05) is 17.7 Å². The fraction of sp³-hybridized carbons (Fsp3) is 0.364. The van der Waals surface area contributed by atoms with Crippen molar-refractivity contribution < 1.29 is 0 Å². The highest BCUT2D eigenvalue weighted by atomic mass is 15.1. The largest absolute Gasteiger partial charge is 0.289 e. The normalized spacial score (nSPS) is 10.9. The molecule has 78 valence electrons. The maximum Gasteiger partial charge on any atom is 0.156 e. The molecule has 15 heavy (non-hydrogen) atoms. The predicted octanol–water partition coefficient (Wildman–Crippen LogP) is 2.09. The first kappa shape index (κ1) is 9.83. The first-order valence-corrected chi connectivity index (χ1v) is 4.99. The van der Waals surface area contributed by atoms with Crippen LogP contribution >= 0.6 is 0 Å². The van der Waals surface area contributed by atoms with E-state index in [0.29, 0.717) is 5.92 Å². The molecule has 0 aliphatic heterocycles. The Morgan fingerprint density at radius 3 is 2.47 bits per heavy atom. The van der Waals surface area contributed by atoms with Crippen LogP contribution in [0.4, 0.5) is 0 Å². The maximum absolute atomic E-state index is 4.31. The third-order valence-electron chi connectivity index (χ3n) is 2.23. The Balaban J connectivity index is 2.33. The maximum atomic E-state index is 4.31. The van der Waals surface area contributed by atoms with E-state index in [-0.39, 0.29) is 0 Å². The summed E-state index contributed by atoms with van der Waals surface area (Å²) in [5.41, 5.74) is 1.99. The Bertz CT molecular complexity index is 442. The van der Waals surface area contributed by atoms with Gasteiger partial charge in [-0.2, -0.15) is 0 Å². The molecule has 2 heterocycles. The summed E-state index contributed by atoms with van der Waals surface area (Å²) in [6.07, 6.45) is 7.27. The average molecular weight is 202 g/mol. The van der Waals surface area contributed by atoms with Gasteiger partial charge in [-0.1, -0.05) is 13.8 Å². The van der Waals surface area contributed by atoms with Crippen LogP contribution in [-0.4, -0.2) is 19.5 Å². The van der Waals surface area contributed by atoms with Crippen LogP contribution in [-0.2, 0) is 0 Å². The van der Waals surface area contributed by atoms with Crippen LogP contribution in [0.3, 0.4) is 0 Å². The molecule has 0 radical (unpaired) electrons. The van der Waals surface area contributed by atoms with E-state index >= 15 is 0 Å². The van der Waals surface area contributed by atoms with Crippen LogP contribution in [0, 0.1) is 6.92 Å². The highest BCUT2D eigenvalue weighted by Gasteiger charge is 2.04. The lowest BCUT2D eigenvalue weighted by Crippen LogP contribution is -1.96. The molecule has 0 atom stereocenters. The van der Waals surface area contributed by atoms with Gasteiger partial charge in [0, 0.05) is 6.20 Å². The summed E-state index contributed by atoms with van der Waals surface area (Å²) in [6.45, 7) is 6.16. The minimum absolute atomic E-state index is 0.435. The Kier molecular flexibility index (Phi) is 2.49. The minimum Gasteiger partial charge on any atom is -0.289 e.